The highest BCUT2D eigenvalue weighted by atomic mass is 35.5. The van der Waals surface area contributed by atoms with Crippen molar-refractivity contribution in [2.24, 2.45) is 0 Å². The smallest absolute Gasteiger partial charge is 0.271 e. The molecule has 1 amide bonds. The molecule has 5 nitrogen and oxygen atoms in total. The number of benzene rings is 1. The largest absolute Gasteiger partial charge is 0.297 e. The van der Waals surface area contributed by atoms with Gasteiger partial charge >= 0.3 is 0 Å². The molecule has 0 fully saturated rings. The molecule has 0 saturated carbocycles. The van der Waals surface area contributed by atoms with Gasteiger partial charge in [0.25, 0.3) is 5.91 Å². The van der Waals surface area contributed by atoms with Crippen molar-refractivity contribution in [1.29, 1.82) is 0 Å². The Morgan fingerprint density at radius 2 is 2.09 bits per heavy atom. The predicted octanol–water partition coefficient (Wildman–Crippen LogP) is 4.52. The summed E-state index contributed by atoms with van der Waals surface area (Å²) in [7, 11) is 0. The van der Waals surface area contributed by atoms with Crippen LogP contribution < -0.4 is 5.32 Å². The Kier molecular flexibility index (Phi) is 5.00. The van der Waals surface area contributed by atoms with Gasteiger partial charge in [0, 0.05) is 16.0 Å². The zero-order chi connectivity index (χ0) is 16.2. The molecule has 0 spiro atoms. The van der Waals surface area contributed by atoms with Gasteiger partial charge in [0.15, 0.2) is 5.13 Å². The van der Waals surface area contributed by atoms with Crippen molar-refractivity contribution in [3.63, 3.8) is 0 Å². The summed E-state index contributed by atoms with van der Waals surface area (Å²) in [4.78, 5) is 17.3. The van der Waals surface area contributed by atoms with E-state index >= 15 is 0 Å². The molecule has 3 aromatic rings. The fraction of sp³-hybridized carbons (Fsp3) is 0.200. The van der Waals surface area contributed by atoms with Crippen LogP contribution in [0, 0.1) is 0 Å². The van der Waals surface area contributed by atoms with Crippen molar-refractivity contribution in [3.05, 3.63) is 45.2 Å². The highest BCUT2D eigenvalue weighted by Crippen LogP contribution is 2.26. The molecule has 2 aromatic heterocycles. The van der Waals surface area contributed by atoms with Crippen molar-refractivity contribution < 1.29 is 4.79 Å². The maximum absolute atomic E-state index is 12.3. The van der Waals surface area contributed by atoms with E-state index in [1.807, 2.05) is 36.6 Å². The molecule has 8 heteroatoms. The molecular formula is C15H13ClN4OS2. The first-order valence-corrected chi connectivity index (χ1v) is 9.04. The van der Waals surface area contributed by atoms with Crippen LogP contribution in [-0.4, -0.2) is 20.5 Å². The number of aryl methyl sites for hydroxylation is 1. The lowest BCUT2D eigenvalue weighted by Gasteiger charge is -2.00. The van der Waals surface area contributed by atoms with E-state index in [0.717, 1.165) is 41.3 Å². The zero-order valence-corrected chi connectivity index (χ0v) is 14.6. The Balaban J connectivity index is 1.75. The SMILES string of the molecule is CCCc1nnsc1C(=O)Nc1nc(-c2ccc(Cl)cc2)cs1. The number of aromatic nitrogens is 3. The highest BCUT2D eigenvalue weighted by Gasteiger charge is 2.17. The number of rotatable bonds is 5. The van der Waals surface area contributed by atoms with E-state index in [2.05, 4.69) is 19.9 Å². The Bertz CT molecular complexity index is 813. The summed E-state index contributed by atoms with van der Waals surface area (Å²) in [6.07, 6.45) is 1.66. The Morgan fingerprint density at radius 1 is 1.30 bits per heavy atom. The first-order chi connectivity index (χ1) is 11.2. The lowest BCUT2D eigenvalue weighted by molar-refractivity contribution is 0.102. The molecule has 0 aliphatic carbocycles. The van der Waals surface area contributed by atoms with Gasteiger partial charge in [0.05, 0.1) is 11.4 Å². The van der Waals surface area contributed by atoms with E-state index in [-0.39, 0.29) is 5.91 Å². The summed E-state index contributed by atoms with van der Waals surface area (Å²) < 4.78 is 3.87. The number of carbonyl (C=O) groups excluding carboxylic acids is 1. The molecule has 0 atom stereocenters. The lowest BCUT2D eigenvalue weighted by Crippen LogP contribution is -2.12. The van der Waals surface area contributed by atoms with Gasteiger partial charge in [-0.1, -0.05) is 41.6 Å². The third kappa shape index (κ3) is 3.74. The highest BCUT2D eigenvalue weighted by molar-refractivity contribution is 7.14. The number of halogens is 1. The van der Waals surface area contributed by atoms with Gasteiger partial charge in [-0.3, -0.25) is 10.1 Å². The number of amides is 1. The van der Waals surface area contributed by atoms with Crippen molar-refractivity contribution in [2.75, 3.05) is 5.32 Å². The second-order valence-corrected chi connectivity index (χ2v) is 6.85. The third-order valence-corrected chi connectivity index (χ3v) is 4.89. The summed E-state index contributed by atoms with van der Waals surface area (Å²) in [6, 6.07) is 7.42. The molecule has 0 bridgehead atoms. The Hall–Kier alpha value is -1.83. The van der Waals surface area contributed by atoms with Crippen LogP contribution in [0.25, 0.3) is 11.3 Å². The molecule has 1 aromatic carbocycles. The monoisotopic (exact) mass is 364 g/mol. The van der Waals surface area contributed by atoms with E-state index in [9.17, 15) is 4.79 Å². The van der Waals surface area contributed by atoms with Gasteiger partial charge in [0.2, 0.25) is 0 Å². The molecule has 0 aliphatic heterocycles. The molecule has 0 saturated heterocycles. The minimum Gasteiger partial charge on any atom is -0.297 e. The summed E-state index contributed by atoms with van der Waals surface area (Å²) in [6.45, 7) is 2.04. The summed E-state index contributed by atoms with van der Waals surface area (Å²) in [5.74, 6) is -0.208. The summed E-state index contributed by atoms with van der Waals surface area (Å²) >= 11 is 8.38. The first-order valence-electron chi connectivity index (χ1n) is 7.01. The fourth-order valence-corrected chi connectivity index (χ4v) is 3.46. The number of anilines is 1. The van der Waals surface area contributed by atoms with Crippen LogP contribution in [0.3, 0.4) is 0 Å². The van der Waals surface area contributed by atoms with Crippen LogP contribution >= 0.6 is 34.5 Å². The maximum atomic E-state index is 12.3. The van der Waals surface area contributed by atoms with E-state index in [4.69, 9.17) is 11.6 Å². The lowest BCUT2D eigenvalue weighted by atomic mass is 10.2. The minimum absolute atomic E-state index is 0.208. The number of nitrogens with one attached hydrogen (secondary N) is 1. The van der Waals surface area contributed by atoms with Gasteiger partial charge in [-0.05, 0) is 30.1 Å². The normalized spacial score (nSPS) is 10.7. The van der Waals surface area contributed by atoms with Crippen molar-refractivity contribution in [1.82, 2.24) is 14.6 Å². The summed E-state index contributed by atoms with van der Waals surface area (Å²) in [5.41, 5.74) is 2.50. The zero-order valence-electron chi connectivity index (χ0n) is 12.2. The topological polar surface area (TPSA) is 67.8 Å². The molecule has 1 N–H and O–H groups in total. The maximum Gasteiger partial charge on any atom is 0.271 e. The van der Waals surface area contributed by atoms with Crippen LogP contribution in [-0.2, 0) is 6.42 Å². The van der Waals surface area contributed by atoms with Crippen molar-refractivity contribution in [3.8, 4) is 11.3 Å². The number of hydrogen-bond donors (Lipinski definition) is 1. The minimum atomic E-state index is -0.208. The number of carbonyl (C=O) groups is 1. The number of thiazole rings is 1. The quantitative estimate of drug-likeness (QED) is 0.722. The molecule has 0 aliphatic rings. The van der Waals surface area contributed by atoms with Gasteiger partial charge in [-0.25, -0.2) is 4.98 Å². The van der Waals surface area contributed by atoms with Gasteiger partial charge in [-0.2, -0.15) is 0 Å². The summed E-state index contributed by atoms with van der Waals surface area (Å²) in [5, 5.41) is 9.96. The third-order valence-electron chi connectivity index (χ3n) is 3.11. The van der Waals surface area contributed by atoms with Crippen LogP contribution in [0.15, 0.2) is 29.6 Å². The molecule has 118 valence electrons. The van der Waals surface area contributed by atoms with Crippen molar-refractivity contribution in [2.45, 2.75) is 19.8 Å². The van der Waals surface area contributed by atoms with Crippen LogP contribution in [0.2, 0.25) is 5.02 Å². The average Bonchev–Trinajstić information content (AvgIpc) is 3.18. The fourth-order valence-electron chi connectivity index (χ4n) is 2.02. The average molecular weight is 365 g/mol. The van der Waals surface area contributed by atoms with Gasteiger partial charge in [0.1, 0.15) is 4.88 Å². The molecule has 3 rings (SSSR count). The first kappa shape index (κ1) is 16.0. The number of nitrogens with zero attached hydrogens (tertiary/aromatic N) is 3. The van der Waals surface area contributed by atoms with Gasteiger partial charge < -0.3 is 0 Å². The molecular weight excluding hydrogens is 352 g/mol. The van der Waals surface area contributed by atoms with Crippen LogP contribution in [0.4, 0.5) is 5.13 Å². The van der Waals surface area contributed by atoms with E-state index in [1.54, 1.807) is 0 Å². The van der Waals surface area contributed by atoms with Crippen LogP contribution in [0.1, 0.15) is 28.7 Å². The van der Waals surface area contributed by atoms with E-state index in [1.165, 1.54) is 11.3 Å². The van der Waals surface area contributed by atoms with Crippen molar-refractivity contribution >= 4 is 45.5 Å². The number of hydrogen-bond acceptors (Lipinski definition) is 6. The predicted molar refractivity (Wildman–Crippen MR) is 94.4 cm³/mol. The van der Waals surface area contributed by atoms with E-state index < -0.39 is 0 Å². The Morgan fingerprint density at radius 3 is 2.83 bits per heavy atom. The second kappa shape index (κ2) is 7.16. The second-order valence-electron chi connectivity index (χ2n) is 4.80. The molecule has 23 heavy (non-hydrogen) atoms. The molecule has 0 radical (unpaired) electrons. The standard InChI is InChI=1S/C15H13ClN4OS2/c1-2-3-11-13(23-20-19-11)14(21)18-15-17-12(8-22-15)9-4-6-10(16)7-5-9/h4-8H,2-3H2,1H3,(H,17,18,21). The molecule has 0 unspecified atom stereocenters. The van der Waals surface area contributed by atoms with Gasteiger partial charge in [-0.15, -0.1) is 16.4 Å². The molecule has 2 heterocycles. The Labute approximate surface area is 146 Å². The van der Waals surface area contributed by atoms with Crippen LogP contribution in [0.5, 0.6) is 0 Å². The van der Waals surface area contributed by atoms with E-state index in [0.29, 0.717) is 15.0 Å².